The number of rotatable bonds is 1. The van der Waals surface area contributed by atoms with Crippen LogP contribution in [0.15, 0.2) is 87.7 Å². The molecule has 0 bridgehead atoms. The fourth-order valence-corrected chi connectivity index (χ4v) is 4.14. The van der Waals surface area contributed by atoms with Crippen molar-refractivity contribution in [2.45, 2.75) is 0 Å². The molecule has 0 spiro atoms. The maximum absolute atomic E-state index is 6.38. The van der Waals surface area contributed by atoms with Crippen LogP contribution in [0.1, 0.15) is 0 Å². The third-order valence-corrected chi connectivity index (χ3v) is 5.34. The van der Waals surface area contributed by atoms with E-state index in [1.54, 1.807) is 0 Å². The minimum absolute atomic E-state index is 0.662. The third kappa shape index (κ3) is 2.14. The van der Waals surface area contributed by atoms with Crippen LogP contribution in [-0.4, -0.2) is 0 Å². The van der Waals surface area contributed by atoms with Gasteiger partial charge in [0.15, 0.2) is 0 Å². The lowest BCUT2D eigenvalue weighted by Gasteiger charge is -2.04. The fraction of sp³-hybridized carbons (Fsp3) is 0. The van der Waals surface area contributed by atoms with Crippen LogP contribution < -0.4 is 0 Å². The van der Waals surface area contributed by atoms with E-state index in [-0.39, 0.29) is 0 Å². The van der Waals surface area contributed by atoms with Crippen molar-refractivity contribution in [1.29, 1.82) is 0 Å². The molecule has 0 amide bonds. The van der Waals surface area contributed by atoms with Gasteiger partial charge in [-0.1, -0.05) is 60.1 Å². The Kier molecular flexibility index (Phi) is 2.97. The fourth-order valence-electron chi connectivity index (χ4n) is 3.94. The molecule has 0 aliphatic heterocycles. The first-order chi connectivity index (χ1) is 13.3. The van der Waals surface area contributed by atoms with Crippen molar-refractivity contribution >= 4 is 55.5 Å². The van der Waals surface area contributed by atoms with Gasteiger partial charge in [0.05, 0.1) is 0 Å². The van der Waals surface area contributed by atoms with Crippen molar-refractivity contribution in [3.8, 4) is 11.1 Å². The largest absolute Gasteiger partial charge is 0.456 e. The molecule has 6 aromatic rings. The van der Waals surface area contributed by atoms with Crippen molar-refractivity contribution in [1.82, 2.24) is 0 Å². The van der Waals surface area contributed by atoms with E-state index < -0.39 is 0 Å². The Balaban J connectivity index is 1.78. The van der Waals surface area contributed by atoms with Crippen molar-refractivity contribution in [3.05, 3.63) is 83.9 Å². The molecule has 27 heavy (non-hydrogen) atoms. The average Bonchev–Trinajstić information content (AvgIpc) is 3.23. The topological polar surface area (TPSA) is 26.3 Å². The number of para-hydroxylation sites is 1. The van der Waals surface area contributed by atoms with Gasteiger partial charge in [0.1, 0.15) is 22.3 Å². The number of hydrogen-bond acceptors (Lipinski definition) is 2. The normalized spacial score (nSPS) is 11.9. The van der Waals surface area contributed by atoms with Crippen molar-refractivity contribution in [2.24, 2.45) is 0 Å². The summed E-state index contributed by atoms with van der Waals surface area (Å²) >= 11 is 6.38. The number of halogens is 1. The molecule has 0 saturated carbocycles. The smallest absolute Gasteiger partial charge is 0.137 e. The zero-order valence-corrected chi connectivity index (χ0v) is 15.0. The minimum Gasteiger partial charge on any atom is -0.456 e. The number of benzene rings is 4. The standard InChI is InChI=1S/C24H13ClO2/c25-15-10-17(14-6-2-1-3-7-14)24-19-13-21-18(12-22(19)27-23(24)11-15)16-8-4-5-9-20(16)26-21/h1-13H. The van der Waals surface area contributed by atoms with E-state index in [2.05, 4.69) is 30.3 Å². The zero-order chi connectivity index (χ0) is 18.0. The molecule has 0 N–H and O–H groups in total. The van der Waals surface area contributed by atoms with Crippen LogP contribution in [0.3, 0.4) is 0 Å². The van der Waals surface area contributed by atoms with Crippen LogP contribution in [0.4, 0.5) is 0 Å². The van der Waals surface area contributed by atoms with Gasteiger partial charge >= 0.3 is 0 Å². The number of furan rings is 2. The summed E-state index contributed by atoms with van der Waals surface area (Å²) in [5.41, 5.74) is 5.54. The number of fused-ring (bicyclic) bond motifs is 6. The van der Waals surface area contributed by atoms with Crippen LogP contribution in [0.25, 0.3) is 55.0 Å². The first-order valence-corrected chi connectivity index (χ1v) is 9.18. The quantitative estimate of drug-likeness (QED) is 0.296. The molecule has 128 valence electrons. The Morgan fingerprint density at radius 1 is 0.556 bits per heavy atom. The molecule has 2 nitrogen and oxygen atoms in total. The summed E-state index contributed by atoms with van der Waals surface area (Å²) in [4.78, 5) is 0. The van der Waals surface area contributed by atoms with Gasteiger partial charge in [-0.3, -0.25) is 0 Å². The van der Waals surface area contributed by atoms with Gasteiger partial charge in [-0.05, 0) is 35.4 Å². The molecule has 2 heterocycles. The van der Waals surface area contributed by atoms with Gasteiger partial charge in [-0.15, -0.1) is 0 Å². The van der Waals surface area contributed by atoms with Gasteiger partial charge in [0.2, 0.25) is 0 Å². The van der Waals surface area contributed by atoms with Crippen molar-refractivity contribution < 1.29 is 8.83 Å². The van der Waals surface area contributed by atoms with Crippen molar-refractivity contribution in [2.75, 3.05) is 0 Å². The number of hydrogen-bond donors (Lipinski definition) is 0. The van der Waals surface area contributed by atoms with Gasteiger partial charge in [0, 0.05) is 32.6 Å². The summed E-state index contributed by atoms with van der Waals surface area (Å²) in [6.07, 6.45) is 0. The van der Waals surface area contributed by atoms with Crippen LogP contribution >= 0.6 is 11.6 Å². The SMILES string of the molecule is Clc1cc(-c2ccccc2)c2c(c1)oc1cc3c(cc12)oc1ccccc13. The predicted molar refractivity (Wildman–Crippen MR) is 111 cm³/mol. The lowest BCUT2D eigenvalue weighted by Crippen LogP contribution is -1.80. The molecule has 2 aromatic heterocycles. The summed E-state index contributed by atoms with van der Waals surface area (Å²) in [6.45, 7) is 0. The molecule has 0 aliphatic carbocycles. The second-order valence-corrected chi connectivity index (χ2v) is 7.17. The van der Waals surface area contributed by atoms with Gasteiger partial charge in [-0.25, -0.2) is 0 Å². The highest BCUT2D eigenvalue weighted by Crippen LogP contribution is 2.41. The highest BCUT2D eigenvalue weighted by Gasteiger charge is 2.17. The zero-order valence-electron chi connectivity index (χ0n) is 14.2. The van der Waals surface area contributed by atoms with Crippen LogP contribution in [0.2, 0.25) is 5.02 Å². The second kappa shape index (κ2) is 5.38. The first-order valence-electron chi connectivity index (χ1n) is 8.80. The van der Waals surface area contributed by atoms with E-state index in [0.717, 1.165) is 55.0 Å². The van der Waals surface area contributed by atoms with E-state index in [1.165, 1.54) is 0 Å². The molecular weight excluding hydrogens is 356 g/mol. The van der Waals surface area contributed by atoms with Crippen molar-refractivity contribution in [3.63, 3.8) is 0 Å². The lowest BCUT2D eigenvalue weighted by atomic mass is 9.99. The lowest BCUT2D eigenvalue weighted by molar-refractivity contribution is 0.664. The predicted octanol–water partition coefficient (Wildman–Crippen LogP) is 7.81. The Bertz CT molecular complexity index is 1470. The molecular formula is C24H13ClO2. The first kappa shape index (κ1) is 14.9. The van der Waals surface area contributed by atoms with Crippen LogP contribution in [0, 0.1) is 0 Å². The Morgan fingerprint density at radius 2 is 1.26 bits per heavy atom. The monoisotopic (exact) mass is 368 g/mol. The minimum atomic E-state index is 0.662. The highest BCUT2D eigenvalue weighted by molar-refractivity contribution is 6.32. The summed E-state index contributed by atoms with van der Waals surface area (Å²) in [6, 6.07) is 26.3. The van der Waals surface area contributed by atoms with E-state index in [4.69, 9.17) is 20.4 Å². The second-order valence-electron chi connectivity index (χ2n) is 6.74. The Labute approximate surface area is 159 Å². The molecule has 3 heteroatoms. The molecule has 0 fully saturated rings. The molecule has 0 radical (unpaired) electrons. The summed E-state index contributed by atoms with van der Waals surface area (Å²) in [5, 5.41) is 4.91. The molecule has 0 unspecified atom stereocenters. The van der Waals surface area contributed by atoms with E-state index in [9.17, 15) is 0 Å². The summed E-state index contributed by atoms with van der Waals surface area (Å²) in [5.74, 6) is 0. The molecule has 0 aliphatic rings. The van der Waals surface area contributed by atoms with E-state index >= 15 is 0 Å². The maximum Gasteiger partial charge on any atom is 0.137 e. The van der Waals surface area contributed by atoms with Gasteiger partial charge in [0.25, 0.3) is 0 Å². The van der Waals surface area contributed by atoms with E-state index in [1.807, 2.05) is 48.5 Å². The average molecular weight is 369 g/mol. The van der Waals surface area contributed by atoms with Crippen LogP contribution in [-0.2, 0) is 0 Å². The third-order valence-electron chi connectivity index (χ3n) is 5.12. The maximum atomic E-state index is 6.38. The van der Waals surface area contributed by atoms with E-state index in [0.29, 0.717) is 5.02 Å². The van der Waals surface area contributed by atoms with Gasteiger partial charge < -0.3 is 8.83 Å². The Hall–Kier alpha value is -3.23. The molecule has 6 rings (SSSR count). The molecule has 4 aromatic carbocycles. The summed E-state index contributed by atoms with van der Waals surface area (Å²) < 4.78 is 12.3. The van der Waals surface area contributed by atoms with Crippen LogP contribution in [0.5, 0.6) is 0 Å². The molecule has 0 saturated heterocycles. The molecule has 0 atom stereocenters. The highest BCUT2D eigenvalue weighted by atomic mass is 35.5. The van der Waals surface area contributed by atoms with Gasteiger partial charge in [-0.2, -0.15) is 0 Å². The Morgan fingerprint density at radius 3 is 2.15 bits per heavy atom. The summed E-state index contributed by atoms with van der Waals surface area (Å²) in [7, 11) is 0.